The van der Waals surface area contributed by atoms with Crippen LogP contribution in [-0.2, 0) is 32.6 Å². The molecule has 4 rings (SSSR count). The number of carbonyl (C=O) groups excluding carboxylic acids is 2. The average Bonchev–Trinajstić information content (AvgIpc) is 3.09. The minimum Gasteiger partial charge on any atom is -0.495 e. The number of ether oxygens (including phenoxy) is 1. The number of nitrogens with zero attached hydrogens (tertiary/aromatic N) is 3. The van der Waals surface area contributed by atoms with Gasteiger partial charge in [-0.3, -0.25) is 24.0 Å². The number of nitrogens with one attached hydrogen (secondary N) is 1. The fraction of sp³-hybridized carbons (Fsp3) is 0.257. The zero-order valence-electron chi connectivity index (χ0n) is 27.4. The number of carbonyl (C=O) groups is 2. The summed E-state index contributed by atoms with van der Waals surface area (Å²) in [7, 11) is -3.39. The minimum absolute atomic E-state index is 0.0601. The lowest BCUT2D eigenvalue weighted by Crippen LogP contribution is -2.53. The fourth-order valence-electron chi connectivity index (χ4n) is 5.20. The Hall–Kier alpha value is -4.36. The number of anilines is 1. The summed E-state index contributed by atoms with van der Waals surface area (Å²) in [5.41, 5.74) is 1.00. The molecule has 1 atom stereocenters. The second-order valence-corrected chi connectivity index (χ2v) is 14.4. The van der Waals surface area contributed by atoms with Crippen LogP contribution in [0, 0.1) is 17.0 Å². The minimum atomic E-state index is -4.71. The van der Waals surface area contributed by atoms with Gasteiger partial charge in [-0.25, -0.2) is 8.42 Å². The first-order valence-electron chi connectivity index (χ1n) is 15.4. The van der Waals surface area contributed by atoms with Gasteiger partial charge >= 0.3 is 0 Å². The molecule has 0 aliphatic carbocycles. The van der Waals surface area contributed by atoms with Crippen molar-refractivity contribution in [1.29, 1.82) is 0 Å². The second kappa shape index (κ2) is 17.0. The van der Waals surface area contributed by atoms with Crippen molar-refractivity contribution in [3.05, 3.63) is 127 Å². The molecule has 0 fully saturated rings. The van der Waals surface area contributed by atoms with Gasteiger partial charge in [-0.15, -0.1) is 0 Å². The van der Waals surface area contributed by atoms with E-state index >= 15 is 0 Å². The van der Waals surface area contributed by atoms with Crippen molar-refractivity contribution >= 4 is 68.0 Å². The summed E-state index contributed by atoms with van der Waals surface area (Å²) in [5.74, 6) is -1.16. The predicted molar refractivity (Wildman–Crippen MR) is 195 cm³/mol. The quantitative estimate of drug-likeness (QED) is 0.0996. The Bertz CT molecular complexity index is 1980. The van der Waals surface area contributed by atoms with Crippen molar-refractivity contribution in [3.63, 3.8) is 0 Å². The van der Waals surface area contributed by atoms with E-state index in [9.17, 15) is 28.1 Å². The van der Waals surface area contributed by atoms with E-state index in [1.807, 2.05) is 37.3 Å². The lowest BCUT2D eigenvalue weighted by atomic mass is 10.0. The van der Waals surface area contributed by atoms with E-state index in [0.29, 0.717) is 18.5 Å². The zero-order chi connectivity index (χ0) is 36.6. The molecule has 0 saturated heterocycles. The van der Waals surface area contributed by atoms with Crippen LogP contribution in [0.25, 0.3) is 0 Å². The summed E-state index contributed by atoms with van der Waals surface area (Å²) in [6.45, 7) is 2.72. The van der Waals surface area contributed by atoms with Crippen molar-refractivity contribution < 1.29 is 27.7 Å². The Morgan fingerprint density at radius 2 is 1.66 bits per heavy atom. The molecule has 2 amide bonds. The van der Waals surface area contributed by atoms with Gasteiger partial charge in [0.05, 0.1) is 32.7 Å². The molecule has 1 unspecified atom stereocenters. The normalized spacial score (nSPS) is 11.8. The van der Waals surface area contributed by atoms with E-state index in [1.54, 1.807) is 18.2 Å². The van der Waals surface area contributed by atoms with Gasteiger partial charge in [-0.05, 0) is 60.9 Å². The number of rotatable bonds is 15. The topological polar surface area (TPSA) is 139 Å². The van der Waals surface area contributed by atoms with E-state index in [4.69, 9.17) is 39.5 Å². The van der Waals surface area contributed by atoms with Gasteiger partial charge in [-0.2, -0.15) is 0 Å². The average molecular weight is 762 g/mol. The molecular weight excluding hydrogens is 727 g/mol. The number of sulfonamides is 1. The van der Waals surface area contributed by atoms with Gasteiger partial charge in [0.1, 0.15) is 18.3 Å². The third kappa shape index (κ3) is 9.25. The summed E-state index contributed by atoms with van der Waals surface area (Å²) in [4.78, 5) is 40.4. The van der Waals surface area contributed by atoms with Crippen LogP contribution in [-0.4, -0.2) is 56.3 Å². The number of nitro benzene ring substituents is 1. The summed E-state index contributed by atoms with van der Waals surface area (Å²) in [6, 6.07) is 20.4. The Labute approximate surface area is 305 Å². The number of methoxy groups -OCH3 is 1. The molecule has 15 heteroatoms. The van der Waals surface area contributed by atoms with Crippen LogP contribution < -0.4 is 14.4 Å². The third-order valence-corrected chi connectivity index (χ3v) is 10.5. The highest BCUT2D eigenvalue weighted by Crippen LogP contribution is 2.36. The van der Waals surface area contributed by atoms with Gasteiger partial charge in [0, 0.05) is 36.2 Å². The van der Waals surface area contributed by atoms with E-state index in [-0.39, 0.29) is 45.0 Å². The number of amides is 2. The van der Waals surface area contributed by atoms with Gasteiger partial charge < -0.3 is 15.0 Å². The maximum absolute atomic E-state index is 14.7. The van der Waals surface area contributed by atoms with Crippen molar-refractivity contribution in [2.45, 2.75) is 44.2 Å². The molecule has 0 aliphatic heterocycles. The molecule has 4 aromatic rings. The van der Waals surface area contributed by atoms with Crippen LogP contribution >= 0.6 is 34.8 Å². The summed E-state index contributed by atoms with van der Waals surface area (Å²) >= 11 is 18.8. The molecule has 0 aliphatic rings. The first-order valence-corrected chi connectivity index (χ1v) is 18.0. The molecule has 0 radical (unpaired) electrons. The van der Waals surface area contributed by atoms with Crippen LogP contribution in [0.4, 0.5) is 11.4 Å². The van der Waals surface area contributed by atoms with Gasteiger partial charge in [0.25, 0.3) is 15.7 Å². The highest BCUT2D eigenvalue weighted by atomic mass is 35.5. The van der Waals surface area contributed by atoms with Crippen LogP contribution in [0.15, 0.2) is 89.8 Å². The summed E-state index contributed by atoms with van der Waals surface area (Å²) in [5, 5.41) is 15.3. The Balaban J connectivity index is 1.90. The molecule has 0 saturated carbocycles. The van der Waals surface area contributed by atoms with Crippen molar-refractivity contribution in [2.24, 2.45) is 0 Å². The van der Waals surface area contributed by atoms with Gasteiger partial charge in [0.15, 0.2) is 0 Å². The highest BCUT2D eigenvalue weighted by molar-refractivity contribution is 7.92. The summed E-state index contributed by atoms with van der Waals surface area (Å²) in [6.07, 6.45) is 0.731. The van der Waals surface area contributed by atoms with E-state index < -0.39 is 49.9 Å². The van der Waals surface area contributed by atoms with Crippen LogP contribution in [0.3, 0.4) is 0 Å². The predicted octanol–water partition coefficient (Wildman–Crippen LogP) is 7.23. The number of benzene rings is 4. The van der Waals surface area contributed by atoms with E-state index in [0.717, 1.165) is 15.9 Å². The molecule has 0 heterocycles. The van der Waals surface area contributed by atoms with Crippen LogP contribution in [0.5, 0.6) is 5.75 Å². The summed E-state index contributed by atoms with van der Waals surface area (Å²) < 4.78 is 35.2. The molecule has 0 aromatic heterocycles. The molecule has 264 valence electrons. The number of halogens is 3. The second-order valence-electron chi connectivity index (χ2n) is 11.3. The molecule has 11 nitrogen and oxygen atoms in total. The van der Waals surface area contributed by atoms with Crippen molar-refractivity contribution in [2.75, 3.05) is 24.5 Å². The van der Waals surface area contributed by atoms with Crippen molar-refractivity contribution in [1.82, 2.24) is 10.2 Å². The molecule has 50 heavy (non-hydrogen) atoms. The first-order chi connectivity index (χ1) is 23.8. The number of hydrogen-bond donors (Lipinski definition) is 1. The standard InChI is InChI=1S/C35H35Cl3N4O7S/c1-4-16-39-35(44)32(18-24-8-6-5-7-9-24)40(21-25-11-14-28(37)29(38)17-25)34(43)22-41(31-19-26(36)12-15-33(31)49-3)50(47,48)27-13-10-23(2)30(20-27)42(45)46/h5-15,17,19-20,32H,4,16,18,21-22H2,1-3H3,(H,39,44). The van der Waals surface area contributed by atoms with E-state index in [1.165, 1.54) is 49.3 Å². The smallest absolute Gasteiger partial charge is 0.273 e. The number of aryl methyl sites for hydroxylation is 1. The van der Waals surface area contributed by atoms with Crippen LogP contribution in [0.2, 0.25) is 15.1 Å². The Morgan fingerprint density at radius 3 is 2.30 bits per heavy atom. The molecular formula is C35H35Cl3N4O7S. The lowest BCUT2D eigenvalue weighted by Gasteiger charge is -2.34. The largest absolute Gasteiger partial charge is 0.495 e. The number of nitro groups is 1. The monoisotopic (exact) mass is 760 g/mol. The Kier molecular flexibility index (Phi) is 13.1. The number of hydrogen-bond acceptors (Lipinski definition) is 7. The van der Waals surface area contributed by atoms with Crippen molar-refractivity contribution in [3.8, 4) is 5.75 Å². The molecule has 1 N–H and O–H groups in total. The Morgan fingerprint density at radius 1 is 0.940 bits per heavy atom. The maximum Gasteiger partial charge on any atom is 0.273 e. The fourth-order valence-corrected chi connectivity index (χ4v) is 7.12. The SMILES string of the molecule is CCCNC(=O)C(Cc1ccccc1)N(Cc1ccc(Cl)c(Cl)c1)C(=O)CN(c1cc(Cl)ccc1OC)S(=O)(=O)c1ccc(C)c([N+](=O)[O-])c1. The molecule has 0 bridgehead atoms. The van der Waals surface area contributed by atoms with E-state index in [2.05, 4.69) is 5.32 Å². The lowest BCUT2D eigenvalue weighted by molar-refractivity contribution is -0.385. The van der Waals surface area contributed by atoms with Gasteiger partial charge in [0.2, 0.25) is 11.8 Å². The first kappa shape index (κ1) is 38.4. The van der Waals surface area contributed by atoms with Crippen LogP contribution in [0.1, 0.15) is 30.0 Å². The molecule has 4 aromatic carbocycles. The highest BCUT2D eigenvalue weighted by Gasteiger charge is 2.36. The third-order valence-electron chi connectivity index (χ3n) is 7.81. The maximum atomic E-state index is 14.7. The molecule has 0 spiro atoms. The van der Waals surface area contributed by atoms with Gasteiger partial charge in [-0.1, -0.05) is 84.2 Å². The zero-order valence-corrected chi connectivity index (χ0v) is 30.5.